The van der Waals surface area contributed by atoms with Gasteiger partial charge in [-0.2, -0.15) is 0 Å². The van der Waals surface area contributed by atoms with E-state index in [1.165, 1.54) is 0 Å². The van der Waals surface area contributed by atoms with Crippen LogP contribution in [0.25, 0.3) is 0 Å². The zero-order valence-corrected chi connectivity index (χ0v) is 7.95. The average molecular weight is 202 g/mol. The third-order valence-corrected chi connectivity index (χ3v) is 1.26. The van der Waals surface area contributed by atoms with Crippen LogP contribution in [0.15, 0.2) is 12.5 Å². The van der Waals surface area contributed by atoms with Gasteiger partial charge >= 0.3 is 5.97 Å². The zero-order valence-electron chi connectivity index (χ0n) is 7.95. The van der Waals surface area contributed by atoms with E-state index in [1.807, 2.05) is 0 Å². The molecule has 0 spiro atoms. The Balaban J connectivity index is 3.55. The molecule has 3 N–H and O–H groups in total. The SMILES string of the molecule is CNCCNC(=O)CC(=O)O/C=C\O. The summed E-state index contributed by atoms with van der Waals surface area (Å²) < 4.78 is 4.32. The van der Waals surface area contributed by atoms with Gasteiger partial charge in [0, 0.05) is 13.1 Å². The third kappa shape index (κ3) is 7.11. The summed E-state index contributed by atoms with van der Waals surface area (Å²) in [6.45, 7) is 1.09. The lowest BCUT2D eigenvalue weighted by Gasteiger charge is -2.02. The van der Waals surface area contributed by atoms with Gasteiger partial charge in [-0.25, -0.2) is 0 Å². The molecule has 0 saturated carbocycles. The molecule has 0 rings (SSSR count). The van der Waals surface area contributed by atoms with Crippen molar-refractivity contribution in [2.75, 3.05) is 20.1 Å². The van der Waals surface area contributed by atoms with E-state index in [2.05, 4.69) is 15.4 Å². The Morgan fingerprint density at radius 3 is 2.71 bits per heavy atom. The molecule has 1 amide bonds. The number of likely N-dealkylation sites (N-methyl/N-ethyl adjacent to an activating group) is 1. The maximum absolute atomic E-state index is 11.0. The minimum absolute atomic E-state index is 0.353. The summed E-state index contributed by atoms with van der Waals surface area (Å²) in [5.41, 5.74) is 0. The molecule has 0 aliphatic heterocycles. The Morgan fingerprint density at radius 1 is 1.43 bits per heavy atom. The molecule has 0 aromatic rings. The van der Waals surface area contributed by atoms with E-state index in [4.69, 9.17) is 5.11 Å². The maximum Gasteiger partial charge on any atom is 0.320 e. The second-order valence-electron chi connectivity index (χ2n) is 2.41. The van der Waals surface area contributed by atoms with Crippen LogP contribution in [0.3, 0.4) is 0 Å². The normalized spacial score (nSPS) is 10.1. The van der Waals surface area contributed by atoms with Crippen molar-refractivity contribution in [2.24, 2.45) is 0 Å². The van der Waals surface area contributed by atoms with Gasteiger partial charge in [0.25, 0.3) is 0 Å². The third-order valence-electron chi connectivity index (χ3n) is 1.26. The maximum atomic E-state index is 11.0. The van der Waals surface area contributed by atoms with Crippen molar-refractivity contribution >= 4 is 11.9 Å². The average Bonchev–Trinajstić information content (AvgIpc) is 2.15. The van der Waals surface area contributed by atoms with Crippen LogP contribution >= 0.6 is 0 Å². The van der Waals surface area contributed by atoms with Crippen LogP contribution < -0.4 is 10.6 Å². The van der Waals surface area contributed by atoms with E-state index < -0.39 is 11.9 Å². The van der Waals surface area contributed by atoms with Gasteiger partial charge < -0.3 is 20.5 Å². The lowest BCUT2D eigenvalue weighted by molar-refractivity contribution is -0.141. The number of hydrogen-bond acceptors (Lipinski definition) is 5. The molecular weight excluding hydrogens is 188 g/mol. The molecule has 0 aromatic heterocycles. The molecule has 80 valence electrons. The second kappa shape index (κ2) is 8.06. The van der Waals surface area contributed by atoms with Gasteiger partial charge in [0.05, 0.1) is 0 Å². The first-order chi connectivity index (χ1) is 6.70. The van der Waals surface area contributed by atoms with E-state index in [1.54, 1.807) is 7.05 Å². The fraction of sp³-hybridized carbons (Fsp3) is 0.500. The van der Waals surface area contributed by atoms with Crippen LogP contribution in [0.1, 0.15) is 6.42 Å². The number of carbonyl (C=O) groups excluding carboxylic acids is 2. The number of esters is 1. The minimum atomic E-state index is -0.711. The van der Waals surface area contributed by atoms with Gasteiger partial charge in [-0.15, -0.1) is 0 Å². The zero-order chi connectivity index (χ0) is 10.8. The molecule has 0 aliphatic rings. The highest BCUT2D eigenvalue weighted by Gasteiger charge is 2.08. The molecular formula is C8H14N2O4. The fourth-order valence-electron chi connectivity index (χ4n) is 0.668. The van der Waals surface area contributed by atoms with Crippen molar-refractivity contribution < 1.29 is 19.4 Å². The van der Waals surface area contributed by atoms with Gasteiger partial charge in [-0.1, -0.05) is 0 Å². The Bertz CT molecular complexity index is 215. The Hall–Kier alpha value is -1.56. The summed E-state index contributed by atoms with van der Waals surface area (Å²) in [7, 11) is 1.76. The largest absolute Gasteiger partial charge is 0.512 e. The lowest BCUT2D eigenvalue weighted by atomic mass is 10.4. The van der Waals surface area contributed by atoms with Crippen molar-refractivity contribution in [3.63, 3.8) is 0 Å². The number of nitrogens with one attached hydrogen (secondary N) is 2. The van der Waals surface area contributed by atoms with E-state index in [9.17, 15) is 9.59 Å². The number of carbonyl (C=O) groups is 2. The number of ether oxygens (including phenoxy) is 1. The predicted octanol–water partition coefficient (Wildman–Crippen LogP) is -0.715. The Kier molecular flexibility index (Phi) is 7.16. The van der Waals surface area contributed by atoms with E-state index in [-0.39, 0.29) is 6.42 Å². The molecule has 0 radical (unpaired) electrons. The highest BCUT2D eigenvalue weighted by atomic mass is 16.5. The minimum Gasteiger partial charge on any atom is -0.512 e. The summed E-state index contributed by atoms with van der Waals surface area (Å²) >= 11 is 0. The molecule has 0 unspecified atom stereocenters. The Morgan fingerprint density at radius 2 is 2.14 bits per heavy atom. The molecule has 0 aliphatic carbocycles. The summed E-state index contributed by atoms with van der Waals surface area (Å²) in [5, 5.41) is 13.5. The van der Waals surface area contributed by atoms with Crippen LogP contribution in [-0.2, 0) is 14.3 Å². The van der Waals surface area contributed by atoms with E-state index in [0.717, 1.165) is 6.26 Å². The summed E-state index contributed by atoms with van der Waals surface area (Å²) in [5.74, 6) is -1.12. The van der Waals surface area contributed by atoms with Crippen LogP contribution in [0.4, 0.5) is 0 Å². The number of rotatable bonds is 6. The van der Waals surface area contributed by atoms with Crippen LogP contribution in [0, 0.1) is 0 Å². The molecule has 6 nitrogen and oxygen atoms in total. The molecule has 0 aromatic carbocycles. The lowest BCUT2D eigenvalue weighted by Crippen LogP contribution is -2.31. The van der Waals surface area contributed by atoms with Crippen molar-refractivity contribution in [1.29, 1.82) is 0 Å². The molecule has 0 heterocycles. The van der Waals surface area contributed by atoms with Crippen LogP contribution in [0.5, 0.6) is 0 Å². The number of aliphatic hydroxyl groups excluding tert-OH is 1. The van der Waals surface area contributed by atoms with E-state index in [0.29, 0.717) is 19.4 Å². The topological polar surface area (TPSA) is 87.7 Å². The molecule has 0 atom stereocenters. The molecule has 0 bridgehead atoms. The highest BCUT2D eigenvalue weighted by Crippen LogP contribution is 1.87. The summed E-state index contributed by atoms with van der Waals surface area (Å²) in [4.78, 5) is 21.7. The number of hydrogen-bond donors (Lipinski definition) is 3. The van der Waals surface area contributed by atoms with Gasteiger partial charge in [0.1, 0.15) is 18.9 Å². The van der Waals surface area contributed by atoms with Crippen LogP contribution in [-0.4, -0.2) is 37.1 Å². The van der Waals surface area contributed by atoms with Crippen molar-refractivity contribution in [3.05, 3.63) is 12.5 Å². The van der Waals surface area contributed by atoms with Crippen molar-refractivity contribution in [3.8, 4) is 0 Å². The van der Waals surface area contributed by atoms with Gasteiger partial charge in [0.2, 0.25) is 5.91 Å². The molecule has 0 saturated heterocycles. The first-order valence-electron chi connectivity index (χ1n) is 4.10. The fourth-order valence-corrected chi connectivity index (χ4v) is 0.668. The second-order valence-corrected chi connectivity index (χ2v) is 2.41. The summed E-state index contributed by atoms with van der Waals surface area (Å²) in [6, 6.07) is 0. The summed E-state index contributed by atoms with van der Waals surface area (Å²) in [6.07, 6.45) is 1.04. The van der Waals surface area contributed by atoms with Gasteiger partial charge in [-0.3, -0.25) is 9.59 Å². The van der Waals surface area contributed by atoms with Crippen molar-refractivity contribution in [1.82, 2.24) is 10.6 Å². The van der Waals surface area contributed by atoms with Gasteiger partial charge in [0.15, 0.2) is 0 Å². The first-order valence-corrected chi connectivity index (χ1v) is 4.10. The smallest absolute Gasteiger partial charge is 0.320 e. The highest BCUT2D eigenvalue weighted by molar-refractivity contribution is 5.94. The van der Waals surface area contributed by atoms with Gasteiger partial charge in [-0.05, 0) is 7.05 Å². The number of aliphatic hydroxyl groups is 1. The Labute approximate surface area is 81.9 Å². The quantitative estimate of drug-likeness (QED) is 0.229. The van der Waals surface area contributed by atoms with E-state index >= 15 is 0 Å². The number of amides is 1. The van der Waals surface area contributed by atoms with Crippen LogP contribution in [0.2, 0.25) is 0 Å². The predicted molar refractivity (Wildman–Crippen MR) is 49.4 cm³/mol. The monoisotopic (exact) mass is 202 g/mol. The first kappa shape index (κ1) is 12.4. The van der Waals surface area contributed by atoms with Crippen molar-refractivity contribution in [2.45, 2.75) is 6.42 Å². The molecule has 6 heteroatoms. The standard InChI is InChI=1S/C8H14N2O4/c1-9-2-3-10-7(12)6-8(13)14-5-4-11/h4-5,9,11H,2-3,6H2,1H3,(H,10,12)/b5-4-. The molecule has 14 heavy (non-hydrogen) atoms. The molecule has 0 fully saturated rings.